The van der Waals surface area contributed by atoms with Crippen LogP contribution >= 0.6 is 11.6 Å². The molecule has 180 valence electrons. The van der Waals surface area contributed by atoms with Crippen LogP contribution in [0, 0.1) is 13.8 Å². The molecule has 6 nitrogen and oxygen atoms in total. The lowest BCUT2D eigenvalue weighted by Crippen LogP contribution is -2.35. The Labute approximate surface area is 214 Å². The zero-order valence-corrected chi connectivity index (χ0v) is 20.6. The summed E-state index contributed by atoms with van der Waals surface area (Å²) in [6.07, 6.45) is 1.65. The van der Waals surface area contributed by atoms with Gasteiger partial charge in [0.15, 0.2) is 0 Å². The molecule has 0 atom stereocenters. The second-order valence-corrected chi connectivity index (χ2v) is 8.92. The second-order valence-electron chi connectivity index (χ2n) is 8.51. The summed E-state index contributed by atoms with van der Waals surface area (Å²) < 4.78 is 7.98. The van der Waals surface area contributed by atoms with E-state index in [1.807, 2.05) is 86.6 Å². The Balaban J connectivity index is 1.36. The number of amides is 2. The number of hydrazine groups is 1. The van der Waals surface area contributed by atoms with E-state index in [9.17, 15) is 9.59 Å². The van der Waals surface area contributed by atoms with Gasteiger partial charge in [-0.15, -0.1) is 0 Å². The molecule has 4 aromatic rings. The SMILES string of the molecule is Cc1cc(/C=C2/C(=O)NN(c3ccccc3)C2=O)c(C)n1-c1ccc(OCc2ccccc2Cl)cc1. The molecule has 2 amide bonds. The van der Waals surface area contributed by atoms with Crippen molar-refractivity contribution in [1.29, 1.82) is 0 Å². The number of rotatable bonds is 6. The van der Waals surface area contributed by atoms with Crippen molar-refractivity contribution < 1.29 is 14.3 Å². The average Bonchev–Trinajstić information content (AvgIpc) is 3.33. The fourth-order valence-electron chi connectivity index (χ4n) is 4.27. The Morgan fingerprint density at radius 1 is 0.889 bits per heavy atom. The number of aryl methyl sites for hydroxylation is 1. The molecule has 1 saturated heterocycles. The van der Waals surface area contributed by atoms with Gasteiger partial charge >= 0.3 is 0 Å². The predicted molar refractivity (Wildman–Crippen MR) is 141 cm³/mol. The Morgan fingerprint density at radius 3 is 2.31 bits per heavy atom. The summed E-state index contributed by atoms with van der Waals surface area (Å²) in [5.41, 5.74) is 7.94. The van der Waals surface area contributed by atoms with E-state index in [1.165, 1.54) is 5.01 Å². The van der Waals surface area contributed by atoms with Crippen molar-refractivity contribution in [3.05, 3.63) is 118 Å². The number of hydrogen-bond donors (Lipinski definition) is 1. The number of aromatic nitrogens is 1. The number of carbonyl (C=O) groups excluding carboxylic acids is 2. The summed E-state index contributed by atoms with van der Waals surface area (Å²) in [7, 11) is 0. The first-order valence-corrected chi connectivity index (χ1v) is 11.9. The van der Waals surface area contributed by atoms with Crippen molar-refractivity contribution in [2.24, 2.45) is 0 Å². The molecule has 2 heterocycles. The molecule has 0 saturated carbocycles. The lowest BCUT2D eigenvalue weighted by Gasteiger charge is -2.13. The number of benzene rings is 3. The first-order valence-electron chi connectivity index (χ1n) is 11.5. The van der Waals surface area contributed by atoms with Crippen molar-refractivity contribution in [2.45, 2.75) is 20.5 Å². The minimum absolute atomic E-state index is 0.0995. The molecule has 0 aliphatic carbocycles. The third kappa shape index (κ3) is 4.51. The molecule has 5 rings (SSSR count). The third-order valence-corrected chi connectivity index (χ3v) is 6.49. The van der Waals surface area contributed by atoms with Gasteiger partial charge in [-0.3, -0.25) is 15.0 Å². The van der Waals surface area contributed by atoms with Gasteiger partial charge < -0.3 is 9.30 Å². The summed E-state index contributed by atoms with van der Waals surface area (Å²) in [5, 5.41) is 1.95. The summed E-state index contributed by atoms with van der Waals surface area (Å²) in [5.74, 6) is -0.0672. The summed E-state index contributed by atoms with van der Waals surface area (Å²) in [4.78, 5) is 25.6. The molecule has 0 spiro atoms. The van der Waals surface area contributed by atoms with Crippen LogP contribution < -0.4 is 15.2 Å². The first-order chi connectivity index (χ1) is 17.4. The van der Waals surface area contributed by atoms with Gasteiger partial charge in [0.05, 0.1) is 5.69 Å². The van der Waals surface area contributed by atoms with E-state index in [4.69, 9.17) is 16.3 Å². The Kier molecular flexibility index (Phi) is 6.36. The number of nitrogens with zero attached hydrogens (tertiary/aromatic N) is 2. The fraction of sp³-hybridized carbons (Fsp3) is 0.103. The molecule has 3 aromatic carbocycles. The minimum Gasteiger partial charge on any atom is -0.489 e. The quantitative estimate of drug-likeness (QED) is 0.271. The molecule has 0 bridgehead atoms. The van der Waals surface area contributed by atoms with Crippen LogP contribution in [0.1, 0.15) is 22.5 Å². The predicted octanol–water partition coefficient (Wildman–Crippen LogP) is 5.79. The van der Waals surface area contributed by atoms with E-state index < -0.39 is 5.91 Å². The molecular formula is C29H24ClN3O3. The van der Waals surface area contributed by atoms with Gasteiger partial charge in [0.2, 0.25) is 0 Å². The van der Waals surface area contributed by atoms with Crippen LogP contribution in [0.2, 0.25) is 5.02 Å². The van der Waals surface area contributed by atoms with Gasteiger partial charge in [-0.2, -0.15) is 0 Å². The number of anilines is 1. The van der Waals surface area contributed by atoms with Gasteiger partial charge in [0, 0.05) is 27.7 Å². The van der Waals surface area contributed by atoms with Crippen molar-refractivity contribution >= 4 is 35.2 Å². The van der Waals surface area contributed by atoms with Gasteiger partial charge in [-0.05, 0) is 74.0 Å². The second kappa shape index (κ2) is 9.76. The van der Waals surface area contributed by atoms with E-state index in [1.54, 1.807) is 18.2 Å². The van der Waals surface area contributed by atoms with E-state index >= 15 is 0 Å². The van der Waals surface area contributed by atoms with Crippen LogP contribution in [0.15, 0.2) is 90.5 Å². The van der Waals surface area contributed by atoms with Crippen LogP contribution in [-0.4, -0.2) is 16.4 Å². The van der Waals surface area contributed by atoms with E-state index in [0.717, 1.165) is 34.0 Å². The monoisotopic (exact) mass is 497 g/mol. The maximum absolute atomic E-state index is 13.0. The largest absolute Gasteiger partial charge is 0.489 e. The number of nitrogens with one attached hydrogen (secondary N) is 1. The minimum atomic E-state index is -0.423. The lowest BCUT2D eigenvalue weighted by molar-refractivity contribution is -0.117. The number of ether oxygens (including phenoxy) is 1. The Hall–Kier alpha value is -4.29. The van der Waals surface area contributed by atoms with Crippen LogP contribution in [0.5, 0.6) is 5.75 Å². The molecular weight excluding hydrogens is 474 g/mol. The first kappa shape index (κ1) is 23.5. The molecule has 36 heavy (non-hydrogen) atoms. The number of para-hydroxylation sites is 1. The maximum Gasteiger partial charge on any atom is 0.282 e. The molecule has 1 fully saturated rings. The molecule has 7 heteroatoms. The zero-order valence-electron chi connectivity index (χ0n) is 19.9. The van der Waals surface area contributed by atoms with Crippen LogP contribution in [-0.2, 0) is 16.2 Å². The van der Waals surface area contributed by atoms with Crippen molar-refractivity contribution in [3.8, 4) is 11.4 Å². The highest BCUT2D eigenvalue weighted by Gasteiger charge is 2.34. The van der Waals surface area contributed by atoms with Crippen molar-refractivity contribution in [1.82, 2.24) is 9.99 Å². The van der Waals surface area contributed by atoms with Crippen LogP contribution in [0.25, 0.3) is 11.8 Å². The van der Waals surface area contributed by atoms with Gasteiger partial charge in [0.25, 0.3) is 11.8 Å². The molecule has 0 radical (unpaired) electrons. The molecule has 1 N–H and O–H groups in total. The zero-order chi connectivity index (χ0) is 25.2. The van der Waals surface area contributed by atoms with Gasteiger partial charge in [-0.25, -0.2) is 5.01 Å². The standard InChI is InChI=1S/C29H24ClN3O3/c1-19-16-22(17-26-28(34)31-33(29(26)35)24-9-4-3-5-10-24)20(2)32(19)23-12-14-25(15-13-23)36-18-21-8-6-7-11-27(21)30/h3-17H,18H2,1-2H3,(H,31,34)/b26-17-. The molecule has 1 aliphatic heterocycles. The summed E-state index contributed by atoms with van der Waals surface area (Å²) >= 11 is 6.21. The third-order valence-electron chi connectivity index (χ3n) is 6.12. The highest BCUT2D eigenvalue weighted by atomic mass is 35.5. The Morgan fingerprint density at radius 2 is 1.58 bits per heavy atom. The lowest BCUT2D eigenvalue weighted by atomic mass is 10.1. The van der Waals surface area contributed by atoms with Crippen molar-refractivity contribution in [3.63, 3.8) is 0 Å². The number of hydrogen-bond acceptors (Lipinski definition) is 3. The fourth-order valence-corrected chi connectivity index (χ4v) is 4.46. The normalized spacial score (nSPS) is 14.4. The highest BCUT2D eigenvalue weighted by molar-refractivity contribution is 6.32. The van der Waals surface area contributed by atoms with E-state index in [0.29, 0.717) is 17.3 Å². The number of halogens is 1. The average molecular weight is 498 g/mol. The van der Waals surface area contributed by atoms with Crippen molar-refractivity contribution in [2.75, 3.05) is 5.01 Å². The molecule has 1 aliphatic rings. The number of carbonyl (C=O) groups is 2. The topological polar surface area (TPSA) is 63.6 Å². The van der Waals surface area contributed by atoms with Crippen LogP contribution in [0.4, 0.5) is 5.69 Å². The van der Waals surface area contributed by atoms with E-state index in [2.05, 4.69) is 9.99 Å². The summed E-state index contributed by atoms with van der Waals surface area (Å²) in [6.45, 7) is 4.34. The van der Waals surface area contributed by atoms with Gasteiger partial charge in [-0.1, -0.05) is 48.0 Å². The van der Waals surface area contributed by atoms with Crippen LogP contribution in [0.3, 0.4) is 0 Å². The summed E-state index contributed by atoms with van der Waals surface area (Å²) in [6, 6.07) is 26.4. The van der Waals surface area contributed by atoms with E-state index in [-0.39, 0.29) is 11.5 Å². The smallest absolute Gasteiger partial charge is 0.282 e. The molecule has 0 unspecified atom stereocenters. The highest BCUT2D eigenvalue weighted by Crippen LogP contribution is 2.27. The molecule has 1 aromatic heterocycles. The maximum atomic E-state index is 13.0. The Bertz CT molecular complexity index is 1470. The van der Waals surface area contributed by atoms with Gasteiger partial charge in [0.1, 0.15) is 17.9 Å².